The molecule has 10 heteroatoms. The Morgan fingerprint density at radius 1 is 1.08 bits per heavy atom. The predicted octanol–water partition coefficient (Wildman–Crippen LogP) is 3.82. The van der Waals surface area contributed by atoms with E-state index >= 15 is 0 Å². The van der Waals surface area contributed by atoms with Crippen molar-refractivity contribution >= 4 is 33.4 Å². The second-order valence-electron chi connectivity index (χ2n) is 7.80. The fourth-order valence-electron chi connectivity index (χ4n) is 3.50. The number of methoxy groups -OCH3 is 1. The van der Waals surface area contributed by atoms with Gasteiger partial charge in [0, 0.05) is 12.1 Å². The number of carbonyl (C=O) groups excluding carboxylic acids is 2. The molecule has 0 spiro atoms. The van der Waals surface area contributed by atoms with E-state index in [0.29, 0.717) is 40.3 Å². The minimum absolute atomic E-state index is 0.0496. The first-order chi connectivity index (χ1) is 17.5. The summed E-state index contributed by atoms with van der Waals surface area (Å²) in [7, 11) is 1.58. The van der Waals surface area contributed by atoms with Gasteiger partial charge in [-0.05, 0) is 47.7 Å². The van der Waals surface area contributed by atoms with Crippen LogP contribution in [0.2, 0.25) is 0 Å². The fourth-order valence-corrected chi connectivity index (χ4v) is 4.42. The molecule has 0 unspecified atom stereocenters. The third-order valence-corrected chi connectivity index (χ3v) is 6.23. The molecular weight excluding hydrogens is 482 g/mol. The number of ether oxygens (including phenoxy) is 3. The molecule has 36 heavy (non-hydrogen) atoms. The first kappa shape index (κ1) is 25.1. The number of hydrogen-bond donors (Lipinski definition) is 2. The van der Waals surface area contributed by atoms with Gasteiger partial charge in [-0.15, -0.1) is 11.3 Å². The predicted molar refractivity (Wildman–Crippen MR) is 135 cm³/mol. The largest absolute Gasteiger partial charge is 0.497 e. The highest BCUT2D eigenvalue weighted by Gasteiger charge is 2.16. The maximum absolute atomic E-state index is 12.7. The van der Waals surface area contributed by atoms with Crippen LogP contribution in [0.15, 0.2) is 58.7 Å². The van der Waals surface area contributed by atoms with Gasteiger partial charge < -0.3 is 24.5 Å². The van der Waals surface area contributed by atoms with E-state index in [-0.39, 0.29) is 24.9 Å². The summed E-state index contributed by atoms with van der Waals surface area (Å²) in [6.45, 7) is 2.85. The van der Waals surface area contributed by atoms with Crippen LogP contribution < -0.4 is 15.6 Å². The molecule has 0 fully saturated rings. The van der Waals surface area contributed by atoms with Gasteiger partial charge in [-0.25, -0.2) is 9.78 Å². The molecule has 0 saturated heterocycles. The van der Waals surface area contributed by atoms with Crippen LogP contribution in [0.1, 0.15) is 44.6 Å². The first-order valence-corrected chi connectivity index (χ1v) is 12.1. The third-order valence-electron chi connectivity index (χ3n) is 5.31. The van der Waals surface area contributed by atoms with Crippen LogP contribution in [0, 0.1) is 0 Å². The Morgan fingerprint density at radius 3 is 2.64 bits per heavy atom. The zero-order valence-corrected chi connectivity index (χ0v) is 20.6. The minimum Gasteiger partial charge on any atom is -0.497 e. The monoisotopic (exact) mass is 507 g/mol. The van der Waals surface area contributed by atoms with E-state index in [4.69, 9.17) is 14.2 Å². The van der Waals surface area contributed by atoms with Crippen LogP contribution in [0.4, 0.5) is 0 Å². The minimum atomic E-state index is -0.478. The van der Waals surface area contributed by atoms with E-state index in [2.05, 4.69) is 15.3 Å². The number of aromatic amines is 1. The number of esters is 1. The molecule has 0 aliphatic carbocycles. The highest BCUT2D eigenvalue weighted by atomic mass is 32.1. The van der Waals surface area contributed by atoms with Crippen LogP contribution in [0.25, 0.3) is 10.2 Å². The summed E-state index contributed by atoms with van der Waals surface area (Å²) in [4.78, 5) is 44.5. The van der Waals surface area contributed by atoms with Crippen molar-refractivity contribution in [2.45, 2.75) is 26.7 Å². The molecule has 186 valence electrons. The van der Waals surface area contributed by atoms with E-state index in [0.717, 1.165) is 11.1 Å². The number of benzene rings is 2. The maximum Gasteiger partial charge on any atom is 0.338 e. The van der Waals surface area contributed by atoms with Gasteiger partial charge in [-0.1, -0.05) is 24.3 Å². The number of nitrogens with one attached hydrogen (secondary N) is 2. The summed E-state index contributed by atoms with van der Waals surface area (Å²) < 4.78 is 15.9. The van der Waals surface area contributed by atoms with Crippen molar-refractivity contribution in [3.05, 3.63) is 92.3 Å². The summed E-state index contributed by atoms with van der Waals surface area (Å²) in [5, 5.41) is 4.96. The summed E-state index contributed by atoms with van der Waals surface area (Å²) >= 11 is 1.28. The van der Waals surface area contributed by atoms with Crippen LogP contribution in [-0.2, 0) is 29.2 Å². The Hall–Kier alpha value is -4.02. The summed E-state index contributed by atoms with van der Waals surface area (Å²) in [6, 6.07) is 14.3. The van der Waals surface area contributed by atoms with E-state index in [1.165, 1.54) is 11.3 Å². The van der Waals surface area contributed by atoms with Gasteiger partial charge in [-0.2, -0.15) is 0 Å². The number of rotatable bonds is 10. The van der Waals surface area contributed by atoms with Crippen molar-refractivity contribution in [3.8, 4) is 5.75 Å². The van der Waals surface area contributed by atoms with Crippen LogP contribution in [0.5, 0.6) is 5.75 Å². The number of aromatic nitrogens is 2. The Morgan fingerprint density at radius 2 is 1.89 bits per heavy atom. The van der Waals surface area contributed by atoms with Gasteiger partial charge >= 0.3 is 5.97 Å². The van der Waals surface area contributed by atoms with Crippen molar-refractivity contribution < 1.29 is 23.8 Å². The molecule has 2 heterocycles. The number of thiophene rings is 1. The third kappa shape index (κ3) is 5.96. The average Bonchev–Trinajstić information content (AvgIpc) is 3.31. The zero-order valence-electron chi connectivity index (χ0n) is 19.8. The lowest BCUT2D eigenvalue weighted by molar-refractivity contribution is 0.0526. The SMILES string of the molecule is CCOC(=O)c1ccc(COCc2csc3nc(C(=O)NCc4cccc(OC)c4)[nH]c(=O)c23)cc1. The summed E-state index contributed by atoms with van der Waals surface area (Å²) in [5.41, 5.74) is 2.51. The zero-order chi connectivity index (χ0) is 25.5. The van der Waals surface area contributed by atoms with Gasteiger partial charge in [-0.3, -0.25) is 9.59 Å². The molecule has 0 radical (unpaired) electrons. The molecular formula is C26H25N3O6S. The summed E-state index contributed by atoms with van der Waals surface area (Å²) in [6.07, 6.45) is 0. The number of nitrogens with zero attached hydrogens (tertiary/aromatic N) is 1. The van der Waals surface area contributed by atoms with Gasteiger partial charge in [0.25, 0.3) is 11.5 Å². The second kappa shape index (κ2) is 11.6. The fraction of sp³-hybridized carbons (Fsp3) is 0.231. The Kier molecular flexibility index (Phi) is 8.09. The summed E-state index contributed by atoms with van der Waals surface area (Å²) in [5.74, 6) is -0.202. The Labute approximate surface area is 211 Å². The number of H-pyrrole nitrogens is 1. The highest BCUT2D eigenvalue weighted by Crippen LogP contribution is 2.22. The van der Waals surface area contributed by atoms with Gasteiger partial charge in [0.15, 0.2) is 0 Å². The smallest absolute Gasteiger partial charge is 0.338 e. The van der Waals surface area contributed by atoms with Gasteiger partial charge in [0.05, 0.1) is 37.9 Å². The number of fused-ring (bicyclic) bond motifs is 1. The lowest BCUT2D eigenvalue weighted by Crippen LogP contribution is -2.27. The first-order valence-electron chi connectivity index (χ1n) is 11.2. The Bertz CT molecular complexity index is 1430. The molecule has 2 aromatic heterocycles. The van der Waals surface area contributed by atoms with Crippen LogP contribution in [0.3, 0.4) is 0 Å². The number of hydrogen-bond acceptors (Lipinski definition) is 8. The maximum atomic E-state index is 12.7. The standard InChI is InChI=1S/C26H25N3O6S/c1-3-35-26(32)18-9-7-16(8-10-18)13-34-14-19-15-36-25-21(19)23(30)28-22(29-25)24(31)27-12-17-5-4-6-20(11-17)33-2/h4-11,15H,3,12-14H2,1-2H3,(H,27,31)(H,28,29,30). The van der Waals surface area contributed by atoms with E-state index in [9.17, 15) is 14.4 Å². The van der Waals surface area contributed by atoms with Gasteiger partial charge in [0.2, 0.25) is 5.82 Å². The van der Waals surface area contributed by atoms with Crippen LogP contribution >= 0.6 is 11.3 Å². The molecule has 0 atom stereocenters. The molecule has 2 N–H and O–H groups in total. The molecule has 1 amide bonds. The molecule has 9 nitrogen and oxygen atoms in total. The highest BCUT2D eigenvalue weighted by molar-refractivity contribution is 7.16. The van der Waals surface area contributed by atoms with Crippen molar-refractivity contribution in [3.63, 3.8) is 0 Å². The van der Waals surface area contributed by atoms with E-state index in [1.54, 1.807) is 43.7 Å². The second-order valence-corrected chi connectivity index (χ2v) is 8.66. The van der Waals surface area contributed by atoms with Crippen molar-refractivity contribution in [1.29, 1.82) is 0 Å². The molecule has 0 saturated carbocycles. The number of amides is 1. The quantitative estimate of drug-likeness (QED) is 0.313. The van der Waals surface area contributed by atoms with Gasteiger partial charge in [0.1, 0.15) is 10.6 Å². The van der Waals surface area contributed by atoms with Crippen molar-refractivity contribution in [2.24, 2.45) is 0 Å². The van der Waals surface area contributed by atoms with E-state index in [1.807, 2.05) is 24.3 Å². The topological polar surface area (TPSA) is 120 Å². The average molecular weight is 508 g/mol. The molecule has 4 rings (SSSR count). The molecule has 2 aromatic carbocycles. The normalized spacial score (nSPS) is 10.8. The molecule has 4 aromatic rings. The molecule has 0 bridgehead atoms. The lowest BCUT2D eigenvalue weighted by Gasteiger charge is -2.07. The Balaban J connectivity index is 1.37. The van der Waals surface area contributed by atoms with Crippen molar-refractivity contribution in [2.75, 3.05) is 13.7 Å². The number of carbonyl (C=O) groups is 2. The molecule has 0 aliphatic heterocycles. The molecule has 0 aliphatic rings. The van der Waals surface area contributed by atoms with Crippen LogP contribution in [-0.4, -0.2) is 35.6 Å². The lowest BCUT2D eigenvalue weighted by atomic mass is 10.1. The van der Waals surface area contributed by atoms with Crippen molar-refractivity contribution in [1.82, 2.24) is 15.3 Å². The van der Waals surface area contributed by atoms with E-state index < -0.39 is 11.5 Å².